The summed E-state index contributed by atoms with van der Waals surface area (Å²) in [6, 6.07) is 3.71. The Morgan fingerprint density at radius 3 is 3.09 bits per heavy atom. The van der Waals surface area contributed by atoms with Crippen molar-refractivity contribution in [2.75, 3.05) is 5.73 Å². The molecule has 11 heavy (non-hydrogen) atoms. The molecule has 0 atom stereocenters. The number of thiophene rings is 1. The Bertz CT molecular complexity index is 396. The zero-order valence-corrected chi connectivity index (χ0v) is 7.12. The van der Waals surface area contributed by atoms with Gasteiger partial charge in [0.15, 0.2) is 0 Å². The van der Waals surface area contributed by atoms with E-state index in [1.807, 2.05) is 12.1 Å². The van der Waals surface area contributed by atoms with Crippen molar-refractivity contribution in [1.29, 1.82) is 0 Å². The normalized spacial score (nSPS) is 10.6. The fraction of sp³-hybridized carbons (Fsp3) is 0. The van der Waals surface area contributed by atoms with Gasteiger partial charge in [0, 0.05) is 0 Å². The van der Waals surface area contributed by atoms with Gasteiger partial charge in [-0.15, -0.1) is 11.3 Å². The van der Waals surface area contributed by atoms with Crippen LogP contribution in [0.3, 0.4) is 0 Å². The van der Waals surface area contributed by atoms with Crippen LogP contribution < -0.4 is 5.73 Å². The lowest BCUT2D eigenvalue weighted by Crippen LogP contribution is -1.83. The summed E-state index contributed by atoms with van der Waals surface area (Å²) in [5.74, 6) is 0. The summed E-state index contributed by atoms with van der Waals surface area (Å²) < 4.78 is 1.79. The van der Waals surface area contributed by atoms with Crippen LogP contribution in [-0.4, -0.2) is 4.98 Å². The van der Waals surface area contributed by atoms with E-state index in [9.17, 15) is 0 Å². The highest BCUT2D eigenvalue weighted by Gasteiger charge is 1.99. The number of aromatic nitrogens is 1. The van der Waals surface area contributed by atoms with Gasteiger partial charge in [0.25, 0.3) is 0 Å². The predicted molar refractivity (Wildman–Crippen MR) is 49.0 cm³/mol. The van der Waals surface area contributed by atoms with Crippen molar-refractivity contribution in [1.82, 2.24) is 4.98 Å². The Labute approximate surface area is 72.6 Å². The van der Waals surface area contributed by atoms with Crippen molar-refractivity contribution in [2.24, 2.45) is 0 Å². The molecule has 2 nitrogen and oxygen atoms in total. The molecule has 2 aromatic rings. The van der Waals surface area contributed by atoms with Crippen LogP contribution in [0.5, 0.6) is 0 Å². The highest BCUT2D eigenvalue weighted by molar-refractivity contribution is 7.22. The molecule has 2 rings (SSSR count). The molecule has 0 unspecified atom stereocenters. The van der Waals surface area contributed by atoms with Crippen LogP contribution in [0.1, 0.15) is 0 Å². The summed E-state index contributed by atoms with van der Waals surface area (Å²) in [5.41, 5.74) is 7.12. The highest BCUT2D eigenvalue weighted by atomic mass is 35.5. The van der Waals surface area contributed by atoms with Crippen LogP contribution in [0.25, 0.3) is 10.2 Å². The molecule has 4 heteroatoms. The molecule has 0 saturated carbocycles. The first-order chi connectivity index (χ1) is 5.25. The molecule has 0 spiro atoms. The van der Waals surface area contributed by atoms with E-state index in [0.717, 1.165) is 14.6 Å². The Balaban J connectivity index is 2.82. The smallest absolute Gasteiger partial charge is 0.0956 e. The molecule has 0 amide bonds. The quantitative estimate of drug-likeness (QED) is 0.684. The number of halogens is 1. The zero-order chi connectivity index (χ0) is 7.84. The Morgan fingerprint density at radius 1 is 1.45 bits per heavy atom. The van der Waals surface area contributed by atoms with Gasteiger partial charge in [-0.1, -0.05) is 11.6 Å². The van der Waals surface area contributed by atoms with Crippen molar-refractivity contribution in [3.63, 3.8) is 0 Å². The van der Waals surface area contributed by atoms with Crippen molar-refractivity contribution in [3.05, 3.63) is 22.7 Å². The Hall–Kier alpha value is -0.800. The second-order valence-corrected chi connectivity index (χ2v) is 3.92. The summed E-state index contributed by atoms with van der Waals surface area (Å²) >= 11 is 7.26. The van der Waals surface area contributed by atoms with Gasteiger partial charge >= 0.3 is 0 Å². The number of fused-ring (bicyclic) bond motifs is 1. The van der Waals surface area contributed by atoms with Gasteiger partial charge in [0.2, 0.25) is 0 Å². The number of nitrogens with zero attached hydrogens (tertiary/aromatic N) is 1. The molecular formula is C7H5ClN2S. The molecule has 0 aromatic carbocycles. The second kappa shape index (κ2) is 2.36. The summed E-state index contributed by atoms with van der Waals surface area (Å²) in [7, 11) is 0. The molecule has 0 saturated heterocycles. The van der Waals surface area contributed by atoms with Crippen LogP contribution in [-0.2, 0) is 0 Å². The lowest BCUT2D eigenvalue weighted by Gasteiger charge is -1.89. The number of anilines is 1. The number of nitrogens with two attached hydrogens (primary N) is 1. The van der Waals surface area contributed by atoms with E-state index in [0.29, 0.717) is 5.69 Å². The lowest BCUT2D eigenvalue weighted by atomic mass is 10.4. The van der Waals surface area contributed by atoms with Crippen LogP contribution in [0.15, 0.2) is 18.3 Å². The first-order valence-electron chi connectivity index (χ1n) is 3.06. The molecule has 0 aliphatic carbocycles. The van der Waals surface area contributed by atoms with E-state index < -0.39 is 0 Å². The van der Waals surface area contributed by atoms with Gasteiger partial charge in [-0.2, -0.15) is 0 Å². The van der Waals surface area contributed by atoms with Crippen LogP contribution in [0, 0.1) is 0 Å². The standard InChI is InChI=1S/C7H5ClN2S/c8-7-2-5-6(11-7)1-4(9)3-10-5/h1-3H,9H2. The molecular weight excluding hydrogens is 180 g/mol. The Kier molecular flexibility index (Phi) is 1.47. The SMILES string of the molecule is Nc1cnc2cc(Cl)sc2c1. The van der Waals surface area contributed by atoms with Crippen LogP contribution in [0.2, 0.25) is 4.34 Å². The fourth-order valence-corrected chi connectivity index (χ4v) is 2.05. The third-order valence-corrected chi connectivity index (χ3v) is 2.56. The number of hydrogen-bond donors (Lipinski definition) is 1. The molecule has 0 aliphatic heterocycles. The van der Waals surface area contributed by atoms with E-state index in [2.05, 4.69) is 4.98 Å². The maximum Gasteiger partial charge on any atom is 0.0956 e. The average Bonchev–Trinajstić information content (AvgIpc) is 2.27. The van der Waals surface area contributed by atoms with E-state index in [1.165, 1.54) is 11.3 Å². The highest BCUT2D eigenvalue weighted by Crippen LogP contribution is 2.28. The maximum atomic E-state index is 5.77. The fourth-order valence-electron chi connectivity index (χ4n) is 0.902. The Morgan fingerprint density at radius 2 is 2.27 bits per heavy atom. The van der Waals surface area contributed by atoms with E-state index in [1.54, 1.807) is 6.20 Å². The molecule has 2 N–H and O–H groups in total. The monoisotopic (exact) mass is 184 g/mol. The van der Waals surface area contributed by atoms with Gasteiger partial charge in [0.1, 0.15) is 0 Å². The van der Waals surface area contributed by atoms with E-state index >= 15 is 0 Å². The third kappa shape index (κ3) is 1.17. The average molecular weight is 185 g/mol. The number of nitrogen functional groups attached to an aromatic ring is 1. The number of rotatable bonds is 0. The van der Waals surface area contributed by atoms with Gasteiger partial charge < -0.3 is 5.73 Å². The molecule has 56 valence electrons. The summed E-state index contributed by atoms with van der Waals surface area (Å²) in [5, 5.41) is 0. The molecule has 0 radical (unpaired) electrons. The lowest BCUT2D eigenvalue weighted by molar-refractivity contribution is 1.43. The molecule has 0 fully saturated rings. The summed E-state index contributed by atoms with van der Waals surface area (Å²) in [6.07, 6.45) is 1.63. The molecule has 0 aliphatic rings. The van der Waals surface area contributed by atoms with Crippen molar-refractivity contribution < 1.29 is 0 Å². The second-order valence-electron chi connectivity index (χ2n) is 2.20. The summed E-state index contributed by atoms with van der Waals surface area (Å²) in [4.78, 5) is 4.10. The number of pyridine rings is 1. The van der Waals surface area contributed by atoms with Crippen molar-refractivity contribution >= 4 is 38.8 Å². The predicted octanol–water partition coefficient (Wildman–Crippen LogP) is 2.53. The van der Waals surface area contributed by atoms with Gasteiger partial charge in [-0.05, 0) is 12.1 Å². The van der Waals surface area contributed by atoms with Crippen molar-refractivity contribution in [3.8, 4) is 0 Å². The largest absolute Gasteiger partial charge is 0.397 e. The van der Waals surface area contributed by atoms with Gasteiger partial charge in [0.05, 0.1) is 26.4 Å². The minimum Gasteiger partial charge on any atom is -0.397 e. The van der Waals surface area contributed by atoms with Gasteiger partial charge in [-0.25, -0.2) is 0 Å². The zero-order valence-electron chi connectivity index (χ0n) is 5.54. The topological polar surface area (TPSA) is 38.9 Å². The number of hydrogen-bond acceptors (Lipinski definition) is 3. The minimum atomic E-state index is 0.677. The van der Waals surface area contributed by atoms with E-state index in [4.69, 9.17) is 17.3 Å². The van der Waals surface area contributed by atoms with Crippen LogP contribution >= 0.6 is 22.9 Å². The molecule has 2 aromatic heterocycles. The molecule has 2 heterocycles. The van der Waals surface area contributed by atoms with Crippen LogP contribution in [0.4, 0.5) is 5.69 Å². The first-order valence-corrected chi connectivity index (χ1v) is 4.26. The molecule has 0 bridgehead atoms. The first kappa shape index (κ1) is 6.88. The van der Waals surface area contributed by atoms with E-state index in [-0.39, 0.29) is 0 Å². The minimum absolute atomic E-state index is 0.677. The van der Waals surface area contributed by atoms with Crippen molar-refractivity contribution in [2.45, 2.75) is 0 Å². The maximum absolute atomic E-state index is 5.77. The summed E-state index contributed by atoms with van der Waals surface area (Å²) in [6.45, 7) is 0. The third-order valence-electron chi connectivity index (χ3n) is 1.36. The van der Waals surface area contributed by atoms with Gasteiger partial charge in [-0.3, -0.25) is 4.98 Å².